The van der Waals surface area contributed by atoms with E-state index < -0.39 is 21.7 Å². The van der Waals surface area contributed by atoms with Crippen LogP contribution in [0.1, 0.15) is 11.1 Å². The van der Waals surface area contributed by atoms with Gasteiger partial charge < -0.3 is 0 Å². The summed E-state index contributed by atoms with van der Waals surface area (Å²) in [4.78, 5) is 0. The summed E-state index contributed by atoms with van der Waals surface area (Å²) in [5.74, 6) is -1.29. The highest BCUT2D eigenvalue weighted by molar-refractivity contribution is 7.88. The van der Waals surface area contributed by atoms with Gasteiger partial charge in [-0.1, -0.05) is 23.7 Å². The predicted molar refractivity (Wildman–Crippen MR) is 77.3 cm³/mol. The van der Waals surface area contributed by atoms with Crippen LogP contribution in [0.3, 0.4) is 0 Å². The van der Waals surface area contributed by atoms with Crippen LogP contribution >= 0.6 is 11.6 Å². The topological polar surface area (TPSA) is 46.2 Å². The molecule has 0 aliphatic rings. The third kappa shape index (κ3) is 4.77. The summed E-state index contributed by atoms with van der Waals surface area (Å²) in [6.45, 7) is -0.198. The van der Waals surface area contributed by atoms with Gasteiger partial charge in [-0.15, -0.1) is 0 Å². The van der Waals surface area contributed by atoms with Crippen LogP contribution in [0.5, 0.6) is 0 Å². The monoisotopic (exact) mass is 331 g/mol. The first-order valence-electron chi connectivity index (χ1n) is 6.01. The zero-order chi connectivity index (χ0) is 15.5. The van der Waals surface area contributed by atoms with Crippen LogP contribution in [0.25, 0.3) is 0 Å². The molecule has 3 nitrogen and oxygen atoms in total. The molecule has 0 spiro atoms. The lowest BCUT2D eigenvalue weighted by Crippen LogP contribution is -2.25. The number of halogens is 3. The molecule has 0 unspecified atom stereocenters. The minimum Gasteiger partial charge on any atom is -0.212 e. The van der Waals surface area contributed by atoms with Gasteiger partial charge in [0.05, 0.1) is 5.75 Å². The molecule has 0 fully saturated rings. The van der Waals surface area contributed by atoms with Crippen LogP contribution in [-0.4, -0.2) is 8.42 Å². The summed E-state index contributed by atoms with van der Waals surface area (Å²) < 4.78 is 52.3. The second-order valence-corrected chi connectivity index (χ2v) is 6.69. The highest BCUT2D eigenvalue weighted by atomic mass is 35.5. The molecule has 0 amide bonds. The van der Waals surface area contributed by atoms with Gasteiger partial charge in [0.25, 0.3) is 0 Å². The Morgan fingerprint density at radius 1 is 1.05 bits per heavy atom. The maximum absolute atomic E-state index is 13.5. The highest BCUT2D eigenvalue weighted by Crippen LogP contribution is 2.15. The van der Waals surface area contributed by atoms with E-state index in [0.29, 0.717) is 10.6 Å². The Hall–Kier alpha value is -1.50. The summed E-state index contributed by atoms with van der Waals surface area (Å²) in [5.41, 5.74) is 0.598. The Morgan fingerprint density at radius 2 is 1.71 bits per heavy atom. The van der Waals surface area contributed by atoms with Crippen molar-refractivity contribution in [3.63, 3.8) is 0 Å². The van der Waals surface area contributed by atoms with Gasteiger partial charge in [0, 0.05) is 17.1 Å². The number of hydrogen-bond acceptors (Lipinski definition) is 2. The third-order valence-electron chi connectivity index (χ3n) is 2.76. The highest BCUT2D eigenvalue weighted by Gasteiger charge is 2.13. The minimum absolute atomic E-state index is 0.158. The Morgan fingerprint density at radius 3 is 2.38 bits per heavy atom. The first-order chi connectivity index (χ1) is 9.85. The Bertz CT molecular complexity index is 733. The molecule has 7 heteroatoms. The fourth-order valence-corrected chi connectivity index (χ4v) is 3.02. The van der Waals surface area contributed by atoms with Crippen molar-refractivity contribution in [2.24, 2.45) is 0 Å². The van der Waals surface area contributed by atoms with Gasteiger partial charge in [-0.05, 0) is 35.9 Å². The molecular formula is C14H12ClF2NO2S. The van der Waals surface area contributed by atoms with E-state index in [9.17, 15) is 17.2 Å². The zero-order valence-electron chi connectivity index (χ0n) is 10.8. The normalized spacial score (nSPS) is 11.6. The number of nitrogens with one attached hydrogen (secondary N) is 1. The standard InChI is InChI=1S/C14H12ClF2NO2S/c15-12-3-6-14(17)11(7-12)8-18-21(19,20)9-10-1-4-13(16)5-2-10/h1-7,18H,8-9H2. The molecule has 0 aliphatic heterocycles. The molecular weight excluding hydrogens is 320 g/mol. The summed E-state index contributed by atoms with van der Waals surface area (Å²) in [6, 6.07) is 9.04. The second-order valence-electron chi connectivity index (χ2n) is 4.44. The van der Waals surface area contributed by atoms with Crippen molar-refractivity contribution in [1.82, 2.24) is 4.72 Å². The largest absolute Gasteiger partial charge is 0.216 e. The molecule has 0 radical (unpaired) electrons. The van der Waals surface area contributed by atoms with Crippen molar-refractivity contribution in [3.05, 3.63) is 70.2 Å². The molecule has 2 aromatic carbocycles. The number of benzene rings is 2. The quantitative estimate of drug-likeness (QED) is 0.914. The summed E-state index contributed by atoms with van der Waals surface area (Å²) in [6.07, 6.45) is 0. The lowest BCUT2D eigenvalue weighted by atomic mass is 10.2. The van der Waals surface area contributed by atoms with E-state index in [2.05, 4.69) is 4.72 Å². The third-order valence-corrected chi connectivity index (χ3v) is 4.29. The molecule has 0 atom stereocenters. The van der Waals surface area contributed by atoms with Crippen molar-refractivity contribution in [3.8, 4) is 0 Å². The molecule has 0 aliphatic carbocycles. The Balaban J connectivity index is 2.04. The van der Waals surface area contributed by atoms with E-state index in [0.717, 1.165) is 0 Å². The summed E-state index contributed by atoms with van der Waals surface area (Å²) >= 11 is 5.73. The molecule has 0 bridgehead atoms. The van der Waals surface area contributed by atoms with E-state index in [1.807, 2.05) is 0 Å². The molecule has 2 rings (SSSR count). The first-order valence-corrected chi connectivity index (χ1v) is 8.04. The number of hydrogen-bond donors (Lipinski definition) is 1. The van der Waals surface area contributed by atoms with Crippen LogP contribution in [0.2, 0.25) is 5.02 Å². The van der Waals surface area contributed by atoms with Gasteiger partial charge in [-0.2, -0.15) is 0 Å². The average Bonchev–Trinajstić information content (AvgIpc) is 2.42. The van der Waals surface area contributed by atoms with Crippen LogP contribution in [0.15, 0.2) is 42.5 Å². The zero-order valence-corrected chi connectivity index (χ0v) is 12.4. The maximum atomic E-state index is 13.5. The van der Waals surface area contributed by atoms with Crippen LogP contribution in [0, 0.1) is 11.6 Å². The average molecular weight is 332 g/mol. The molecule has 0 aromatic heterocycles. The van der Waals surface area contributed by atoms with Crippen molar-refractivity contribution in [2.75, 3.05) is 0 Å². The fourth-order valence-electron chi connectivity index (χ4n) is 1.72. The number of rotatable bonds is 5. The lowest BCUT2D eigenvalue weighted by Gasteiger charge is -2.08. The van der Waals surface area contributed by atoms with Gasteiger partial charge in [-0.3, -0.25) is 0 Å². The van der Waals surface area contributed by atoms with E-state index in [4.69, 9.17) is 11.6 Å². The smallest absolute Gasteiger partial charge is 0.212 e. The van der Waals surface area contributed by atoms with E-state index in [1.54, 1.807) is 0 Å². The van der Waals surface area contributed by atoms with E-state index in [1.165, 1.54) is 42.5 Å². The summed E-state index contributed by atoms with van der Waals surface area (Å²) in [7, 11) is -3.66. The fraction of sp³-hybridized carbons (Fsp3) is 0.143. The van der Waals surface area contributed by atoms with Gasteiger partial charge in [0.2, 0.25) is 10.0 Å². The number of sulfonamides is 1. The lowest BCUT2D eigenvalue weighted by molar-refractivity contribution is 0.573. The van der Waals surface area contributed by atoms with E-state index in [-0.39, 0.29) is 17.9 Å². The van der Waals surface area contributed by atoms with Crippen LogP contribution < -0.4 is 4.72 Å². The van der Waals surface area contributed by atoms with Crippen LogP contribution in [-0.2, 0) is 22.3 Å². The Labute approximate surface area is 126 Å². The van der Waals surface area contributed by atoms with E-state index >= 15 is 0 Å². The minimum atomic E-state index is -3.66. The molecule has 0 saturated heterocycles. The first kappa shape index (κ1) is 15.9. The molecule has 0 saturated carbocycles. The predicted octanol–water partition coefficient (Wildman–Crippen LogP) is 3.24. The van der Waals surface area contributed by atoms with Crippen molar-refractivity contribution in [1.29, 1.82) is 0 Å². The van der Waals surface area contributed by atoms with Crippen molar-refractivity contribution >= 4 is 21.6 Å². The van der Waals surface area contributed by atoms with Gasteiger partial charge in [0.15, 0.2) is 0 Å². The van der Waals surface area contributed by atoms with Crippen molar-refractivity contribution in [2.45, 2.75) is 12.3 Å². The maximum Gasteiger partial charge on any atom is 0.216 e. The van der Waals surface area contributed by atoms with Crippen LogP contribution in [0.4, 0.5) is 8.78 Å². The van der Waals surface area contributed by atoms with Crippen molar-refractivity contribution < 1.29 is 17.2 Å². The molecule has 112 valence electrons. The van der Waals surface area contributed by atoms with Gasteiger partial charge >= 0.3 is 0 Å². The molecule has 21 heavy (non-hydrogen) atoms. The second kappa shape index (κ2) is 6.51. The molecule has 2 aromatic rings. The Kier molecular flexibility index (Phi) is 4.92. The van der Waals surface area contributed by atoms with Gasteiger partial charge in [-0.25, -0.2) is 21.9 Å². The summed E-state index contributed by atoms with van der Waals surface area (Å²) in [5, 5.41) is 0.323. The SMILES string of the molecule is O=S(=O)(Cc1ccc(F)cc1)NCc1cc(Cl)ccc1F. The van der Waals surface area contributed by atoms with Gasteiger partial charge in [0.1, 0.15) is 11.6 Å². The molecule has 0 heterocycles. The molecule has 1 N–H and O–H groups in total.